The first-order valence-electron chi connectivity index (χ1n) is 9.28. The van der Waals surface area contributed by atoms with Crippen molar-refractivity contribution >= 4 is 12.0 Å². The first kappa shape index (κ1) is 20.0. The van der Waals surface area contributed by atoms with Crippen molar-refractivity contribution < 1.29 is 19.5 Å². The van der Waals surface area contributed by atoms with Crippen LogP contribution in [0.4, 0.5) is 10.6 Å². The van der Waals surface area contributed by atoms with E-state index < -0.39 is 11.8 Å². The highest BCUT2D eigenvalue weighted by Crippen LogP contribution is 2.21. The summed E-state index contributed by atoms with van der Waals surface area (Å²) in [5.41, 5.74) is 1.10. The standard InChI is InChI=1S/C20H26N4O4/c1-20(2,3)27-19(26)28-24-11-9-23(10-12-24)17-7-8-21-18(22-17)16-6-4-5-15(13-16)14-25/h4-8,13,25H,9-12,14H2,1-3H3. The van der Waals surface area contributed by atoms with Crippen LogP contribution in [0.2, 0.25) is 0 Å². The van der Waals surface area contributed by atoms with Crippen molar-refractivity contribution in [3.05, 3.63) is 42.1 Å². The highest BCUT2D eigenvalue weighted by molar-refractivity contribution is 5.60. The van der Waals surface area contributed by atoms with Gasteiger partial charge in [0.15, 0.2) is 5.82 Å². The predicted octanol–water partition coefficient (Wildman–Crippen LogP) is 2.62. The maximum absolute atomic E-state index is 11.8. The van der Waals surface area contributed by atoms with Gasteiger partial charge in [-0.15, -0.1) is 5.06 Å². The molecule has 1 aliphatic heterocycles. The molecule has 8 heteroatoms. The van der Waals surface area contributed by atoms with E-state index in [1.54, 1.807) is 32.0 Å². The van der Waals surface area contributed by atoms with Gasteiger partial charge in [0, 0.05) is 24.8 Å². The second-order valence-corrected chi connectivity index (χ2v) is 7.57. The second kappa shape index (κ2) is 8.53. The molecule has 0 saturated carbocycles. The molecule has 2 aromatic rings. The molecule has 2 heterocycles. The summed E-state index contributed by atoms with van der Waals surface area (Å²) in [4.78, 5) is 28.2. The van der Waals surface area contributed by atoms with Gasteiger partial charge in [-0.3, -0.25) is 0 Å². The summed E-state index contributed by atoms with van der Waals surface area (Å²) in [5, 5.41) is 10.9. The number of aliphatic hydroxyl groups is 1. The molecule has 1 fully saturated rings. The number of aliphatic hydroxyl groups excluding tert-OH is 1. The fourth-order valence-electron chi connectivity index (χ4n) is 2.86. The molecule has 1 aromatic heterocycles. The Morgan fingerprint density at radius 3 is 2.61 bits per heavy atom. The number of ether oxygens (including phenoxy) is 1. The number of piperazine rings is 1. The molecule has 150 valence electrons. The van der Waals surface area contributed by atoms with Gasteiger partial charge in [-0.05, 0) is 38.5 Å². The number of anilines is 1. The maximum Gasteiger partial charge on any atom is 0.528 e. The van der Waals surface area contributed by atoms with Crippen molar-refractivity contribution in [3.8, 4) is 11.4 Å². The highest BCUT2D eigenvalue weighted by Gasteiger charge is 2.24. The summed E-state index contributed by atoms with van der Waals surface area (Å²) in [6.07, 6.45) is 1.04. The number of benzene rings is 1. The van der Waals surface area contributed by atoms with E-state index >= 15 is 0 Å². The van der Waals surface area contributed by atoms with Crippen molar-refractivity contribution in [2.24, 2.45) is 0 Å². The third-order valence-electron chi connectivity index (χ3n) is 4.16. The fraction of sp³-hybridized carbons (Fsp3) is 0.450. The van der Waals surface area contributed by atoms with E-state index in [1.807, 2.05) is 30.3 Å². The topological polar surface area (TPSA) is 88.0 Å². The molecule has 28 heavy (non-hydrogen) atoms. The summed E-state index contributed by atoms with van der Waals surface area (Å²) in [5.74, 6) is 1.43. The summed E-state index contributed by atoms with van der Waals surface area (Å²) in [7, 11) is 0. The van der Waals surface area contributed by atoms with Crippen molar-refractivity contribution in [2.75, 3.05) is 31.1 Å². The van der Waals surface area contributed by atoms with Gasteiger partial charge < -0.3 is 19.6 Å². The highest BCUT2D eigenvalue weighted by atomic mass is 16.8. The molecule has 1 aliphatic rings. The summed E-state index contributed by atoms with van der Waals surface area (Å²) >= 11 is 0. The van der Waals surface area contributed by atoms with Crippen LogP contribution in [-0.2, 0) is 16.2 Å². The molecule has 3 rings (SSSR count). The number of nitrogens with zero attached hydrogens (tertiary/aromatic N) is 4. The van der Waals surface area contributed by atoms with Crippen LogP contribution in [0.15, 0.2) is 36.5 Å². The summed E-state index contributed by atoms with van der Waals surface area (Å²) in [6.45, 7) is 7.82. The van der Waals surface area contributed by atoms with Crippen LogP contribution in [0.5, 0.6) is 0 Å². The van der Waals surface area contributed by atoms with Crippen molar-refractivity contribution in [1.29, 1.82) is 0 Å². The molecule has 8 nitrogen and oxygen atoms in total. The molecular weight excluding hydrogens is 360 g/mol. The van der Waals surface area contributed by atoms with Gasteiger partial charge in [-0.1, -0.05) is 18.2 Å². The first-order valence-corrected chi connectivity index (χ1v) is 9.28. The number of hydroxylamine groups is 2. The van der Waals surface area contributed by atoms with Crippen LogP contribution in [0.25, 0.3) is 11.4 Å². The van der Waals surface area contributed by atoms with E-state index in [4.69, 9.17) is 9.57 Å². The second-order valence-electron chi connectivity index (χ2n) is 7.57. The maximum atomic E-state index is 11.8. The third-order valence-corrected chi connectivity index (χ3v) is 4.16. The number of carbonyl (C=O) groups is 1. The molecule has 0 spiro atoms. The number of rotatable bonds is 4. The van der Waals surface area contributed by atoms with E-state index in [0.717, 1.165) is 16.9 Å². The Morgan fingerprint density at radius 1 is 1.18 bits per heavy atom. The molecule has 0 aliphatic carbocycles. The van der Waals surface area contributed by atoms with Crippen molar-refractivity contribution in [3.63, 3.8) is 0 Å². The Hall–Kier alpha value is -2.71. The molecule has 0 atom stereocenters. The average Bonchev–Trinajstić information content (AvgIpc) is 2.67. The van der Waals surface area contributed by atoms with Gasteiger partial charge >= 0.3 is 6.16 Å². The minimum Gasteiger partial charge on any atom is -0.427 e. The van der Waals surface area contributed by atoms with Crippen molar-refractivity contribution in [1.82, 2.24) is 15.0 Å². The predicted molar refractivity (Wildman–Crippen MR) is 104 cm³/mol. The smallest absolute Gasteiger partial charge is 0.427 e. The Labute approximate surface area is 164 Å². The number of hydrogen-bond acceptors (Lipinski definition) is 8. The zero-order valence-electron chi connectivity index (χ0n) is 16.5. The van der Waals surface area contributed by atoms with Gasteiger partial charge in [-0.25, -0.2) is 14.8 Å². The van der Waals surface area contributed by atoms with Crippen LogP contribution in [0.3, 0.4) is 0 Å². The van der Waals surface area contributed by atoms with Gasteiger partial charge in [0.2, 0.25) is 0 Å². The largest absolute Gasteiger partial charge is 0.528 e. The summed E-state index contributed by atoms with van der Waals surface area (Å²) in [6, 6.07) is 9.40. The zero-order chi connectivity index (χ0) is 20.1. The quantitative estimate of drug-likeness (QED) is 0.803. The fourth-order valence-corrected chi connectivity index (χ4v) is 2.86. The average molecular weight is 386 g/mol. The SMILES string of the molecule is CC(C)(C)OC(=O)ON1CCN(c2ccnc(-c3cccc(CO)c3)n2)CC1. The van der Waals surface area contributed by atoms with Crippen LogP contribution in [-0.4, -0.2) is 58.1 Å². The Morgan fingerprint density at radius 2 is 1.93 bits per heavy atom. The van der Waals surface area contributed by atoms with Gasteiger partial charge in [0.05, 0.1) is 19.7 Å². The van der Waals surface area contributed by atoms with Gasteiger partial charge in [0.25, 0.3) is 0 Å². The number of aromatic nitrogens is 2. The lowest BCUT2D eigenvalue weighted by Crippen LogP contribution is -2.47. The molecule has 0 amide bonds. The normalized spacial score (nSPS) is 15.4. The zero-order valence-corrected chi connectivity index (χ0v) is 16.5. The van der Waals surface area contributed by atoms with Gasteiger partial charge in [0.1, 0.15) is 11.4 Å². The first-order chi connectivity index (χ1) is 13.3. The third kappa shape index (κ3) is 5.40. The van der Waals surface area contributed by atoms with E-state index in [1.165, 1.54) is 0 Å². The van der Waals surface area contributed by atoms with Crippen LogP contribution >= 0.6 is 0 Å². The van der Waals surface area contributed by atoms with E-state index in [0.29, 0.717) is 32.0 Å². The monoisotopic (exact) mass is 386 g/mol. The lowest BCUT2D eigenvalue weighted by atomic mass is 10.1. The van der Waals surface area contributed by atoms with Crippen molar-refractivity contribution in [2.45, 2.75) is 33.0 Å². The number of carbonyl (C=O) groups excluding carboxylic acids is 1. The molecule has 1 N–H and O–H groups in total. The van der Waals surface area contributed by atoms with Crippen LogP contribution in [0, 0.1) is 0 Å². The van der Waals surface area contributed by atoms with E-state index in [2.05, 4.69) is 14.9 Å². The minimum atomic E-state index is -0.686. The van der Waals surface area contributed by atoms with Gasteiger partial charge in [-0.2, -0.15) is 0 Å². The molecular formula is C20H26N4O4. The number of hydrogen-bond donors (Lipinski definition) is 1. The summed E-state index contributed by atoms with van der Waals surface area (Å²) < 4.78 is 5.18. The van der Waals surface area contributed by atoms with E-state index in [-0.39, 0.29) is 6.61 Å². The molecule has 0 radical (unpaired) electrons. The lowest BCUT2D eigenvalue weighted by molar-refractivity contribution is -0.144. The van der Waals surface area contributed by atoms with Crippen LogP contribution in [0.1, 0.15) is 26.3 Å². The Bertz CT molecular complexity index is 814. The van der Waals surface area contributed by atoms with E-state index in [9.17, 15) is 9.90 Å². The lowest BCUT2D eigenvalue weighted by Gasteiger charge is -2.34. The molecule has 1 aromatic carbocycles. The van der Waals surface area contributed by atoms with Crippen LogP contribution < -0.4 is 4.90 Å². The Balaban J connectivity index is 1.61. The molecule has 1 saturated heterocycles. The minimum absolute atomic E-state index is 0.0207. The Kier molecular flexibility index (Phi) is 6.11. The molecule has 0 bridgehead atoms. The molecule has 0 unspecified atom stereocenters.